The number of aliphatic hydroxyl groups is 1. The van der Waals surface area contributed by atoms with Crippen molar-refractivity contribution in [1.82, 2.24) is 0 Å². The molecule has 1 aromatic rings. The number of fused-ring (bicyclic) bond motifs is 5. The first-order chi connectivity index (χ1) is 14.8. The van der Waals surface area contributed by atoms with Crippen LogP contribution in [0.15, 0.2) is 12.1 Å². The first kappa shape index (κ1) is 22.8. The Balaban J connectivity index is 1.57. The van der Waals surface area contributed by atoms with E-state index in [9.17, 15) is 5.11 Å². The fourth-order valence-corrected chi connectivity index (χ4v) is 8.91. The van der Waals surface area contributed by atoms with Gasteiger partial charge in [-0.2, -0.15) is 0 Å². The Morgan fingerprint density at radius 3 is 2.34 bits per heavy atom. The van der Waals surface area contributed by atoms with Gasteiger partial charge in [-0.05, 0) is 95.3 Å². The Morgan fingerprint density at radius 1 is 1.00 bits per heavy atom. The molecule has 3 saturated carbocycles. The van der Waals surface area contributed by atoms with Crippen LogP contribution >= 0.6 is 0 Å². The molecule has 0 unspecified atom stereocenters. The SMILES string of the molecule is CC(C)c1cc2c(cc1O[C@H]1C[C@H]3C[C@@H](O)[C@]1(C)C3(C)C)[C@@]1(C)CCCC(C)(C)[C@@H]1CC2. The van der Waals surface area contributed by atoms with Crippen molar-refractivity contribution in [2.45, 2.75) is 124 Å². The maximum atomic E-state index is 11.0. The molecule has 0 aliphatic heterocycles. The van der Waals surface area contributed by atoms with Crippen molar-refractivity contribution >= 4 is 0 Å². The highest BCUT2D eigenvalue weighted by Gasteiger charge is 2.67. The van der Waals surface area contributed by atoms with Gasteiger partial charge in [0.25, 0.3) is 0 Å². The number of hydrogen-bond donors (Lipinski definition) is 1. The summed E-state index contributed by atoms with van der Waals surface area (Å²) in [5, 5.41) is 11.0. The molecule has 0 aromatic heterocycles. The van der Waals surface area contributed by atoms with E-state index in [1.807, 2.05) is 0 Å². The second kappa shape index (κ2) is 7.00. The fraction of sp³-hybridized carbons (Fsp3) is 0.800. The third-order valence-electron chi connectivity index (χ3n) is 11.5. The molecule has 1 aromatic carbocycles. The van der Waals surface area contributed by atoms with Crippen molar-refractivity contribution in [2.75, 3.05) is 0 Å². The summed E-state index contributed by atoms with van der Waals surface area (Å²) in [5.74, 6) is 2.84. The molecule has 0 amide bonds. The van der Waals surface area contributed by atoms with Crippen LogP contribution < -0.4 is 4.74 Å². The summed E-state index contributed by atoms with van der Waals surface area (Å²) in [7, 11) is 0. The molecular weight excluding hydrogens is 392 g/mol. The van der Waals surface area contributed by atoms with Crippen LogP contribution in [0.3, 0.4) is 0 Å². The number of hydrogen-bond acceptors (Lipinski definition) is 2. The Kier molecular flexibility index (Phi) is 4.98. The zero-order valence-electron chi connectivity index (χ0n) is 21.8. The summed E-state index contributed by atoms with van der Waals surface area (Å²) in [6.45, 7) is 19.1. The van der Waals surface area contributed by atoms with E-state index in [4.69, 9.17) is 4.74 Å². The molecule has 178 valence electrons. The van der Waals surface area contributed by atoms with E-state index in [1.165, 1.54) is 37.7 Å². The lowest BCUT2D eigenvalue weighted by molar-refractivity contribution is -0.0607. The van der Waals surface area contributed by atoms with Gasteiger partial charge in [-0.15, -0.1) is 0 Å². The monoisotopic (exact) mass is 438 g/mol. The largest absolute Gasteiger partial charge is 0.489 e. The van der Waals surface area contributed by atoms with E-state index in [0.29, 0.717) is 17.3 Å². The van der Waals surface area contributed by atoms with Crippen molar-refractivity contribution in [3.05, 3.63) is 28.8 Å². The van der Waals surface area contributed by atoms with Crippen LogP contribution in [-0.2, 0) is 11.8 Å². The van der Waals surface area contributed by atoms with Gasteiger partial charge >= 0.3 is 0 Å². The molecule has 32 heavy (non-hydrogen) atoms. The Bertz CT molecular complexity index is 912. The number of aryl methyl sites for hydroxylation is 1. The quantitative estimate of drug-likeness (QED) is 0.532. The van der Waals surface area contributed by atoms with Crippen molar-refractivity contribution in [1.29, 1.82) is 0 Å². The van der Waals surface area contributed by atoms with Crippen LogP contribution in [0.5, 0.6) is 5.75 Å². The van der Waals surface area contributed by atoms with E-state index < -0.39 is 0 Å². The molecule has 0 spiro atoms. The summed E-state index contributed by atoms with van der Waals surface area (Å²) >= 11 is 0. The van der Waals surface area contributed by atoms with Crippen LogP contribution in [0.1, 0.15) is 117 Å². The van der Waals surface area contributed by atoms with Crippen LogP contribution in [0, 0.1) is 28.1 Å². The lowest BCUT2D eigenvalue weighted by atomic mass is 9.50. The van der Waals surface area contributed by atoms with Crippen molar-refractivity contribution in [2.24, 2.45) is 28.1 Å². The molecule has 2 bridgehead atoms. The molecule has 6 atom stereocenters. The number of ether oxygens (including phenoxy) is 1. The smallest absolute Gasteiger partial charge is 0.123 e. The van der Waals surface area contributed by atoms with Gasteiger partial charge in [-0.3, -0.25) is 0 Å². The van der Waals surface area contributed by atoms with Crippen LogP contribution in [-0.4, -0.2) is 17.3 Å². The summed E-state index contributed by atoms with van der Waals surface area (Å²) in [6.07, 6.45) is 8.32. The highest BCUT2D eigenvalue weighted by atomic mass is 16.5. The highest BCUT2D eigenvalue weighted by Crippen LogP contribution is 2.66. The minimum absolute atomic E-state index is 0.0943. The second-order valence-electron chi connectivity index (χ2n) is 13.8. The molecule has 0 radical (unpaired) electrons. The Hall–Kier alpha value is -1.02. The first-order valence-corrected chi connectivity index (χ1v) is 13.3. The van der Waals surface area contributed by atoms with Gasteiger partial charge in [0.1, 0.15) is 11.9 Å². The van der Waals surface area contributed by atoms with Crippen LogP contribution in [0.2, 0.25) is 0 Å². The lowest BCUT2D eigenvalue weighted by Gasteiger charge is -2.54. The Morgan fingerprint density at radius 2 is 1.72 bits per heavy atom. The zero-order valence-corrected chi connectivity index (χ0v) is 21.8. The van der Waals surface area contributed by atoms with E-state index >= 15 is 0 Å². The molecule has 4 aliphatic carbocycles. The number of rotatable bonds is 3. The maximum absolute atomic E-state index is 11.0. The van der Waals surface area contributed by atoms with Crippen molar-refractivity contribution in [3.63, 3.8) is 0 Å². The molecule has 5 rings (SSSR count). The van der Waals surface area contributed by atoms with Gasteiger partial charge in [-0.1, -0.05) is 67.9 Å². The van der Waals surface area contributed by atoms with Gasteiger partial charge in [-0.25, -0.2) is 0 Å². The number of aliphatic hydroxyl groups excluding tert-OH is 1. The second-order valence-corrected chi connectivity index (χ2v) is 13.8. The molecular formula is C30H46O2. The third kappa shape index (κ3) is 2.87. The van der Waals surface area contributed by atoms with Gasteiger partial charge in [0, 0.05) is 5.41 Å². The minimum Gasteiger partial charge on any atom is -0.489 e. The van der Waals surface area contributed by atoms with Crippen molar-refractivity contribution in [3.8, 4) is 5.75 Å². The summed E-state index contributed by atoms with van der Waals surface area (Å²) in [4.78, 5) is 0. The van der Waals surface area contributed by atoms with E-state index in [1.54, 1.807) is 11.1 Å². The van der Waals surface area contributed by atoms with Crippen LogP contribution in [0.25, 0.3) is 0 Å². The molecule has 4 aliphatic rings. The summed E-state index contributed by atoms with van der Waals surface area (Å²) in [5.41, 5.74) is 5.09. The molecule has 3 fully saturated rings. The van der Waals surface area contributed by atoms with Crippen molar-refractivity contribution < 1.29 is 9.84 Å². The van der Waals surface area contributed by atoms with Crippen LogP contribution in [0.4, 0.5) is 0 Å². The lowest BCUT2D eigenvalue weighted by Crippen LogP contribution is -2.48. The molecule has 2 heteroatoms. The fourth-order valence-electron chi connectivity index (χ4n) is 8.91. The van der Waals surface area contributed by atoms with E-state index in [0.717, 1.165) is 24.5 Å². The number of benzene rings is 1. The van der Waals surface area contributed by atoms with E-state index in [-0.39, 0.29) is 28.5 Å². The van der Waals surface area contributed by atoms with Gasteiger partial charge in [0.2, 0.25) is 0 Å². The molecule has 0 heterocycles. The standard InChI is InChI=1S/C30H46O2/c1-18(2)21-14-19-10-11-24-27(3,4)12-9-13-29(24,7)22(19)17-23(21)32-26-16-20-15-25(31)30(26,8)28(20,5)6/h14,17-18,20,24-26,31H,9-13,15-16H2,1-8H3/t20-,24+,25-,26+,29-,30+/m1/s1. The van der Waals surface area contributed by atoms with Gasteiger partial charge in [0.15, 0.2) is 0 Å². The normalized spacial score (nSPS) is 41.4. The minimum atomic E-state index is -0.262. The van der Waals surface area contributed by atoms with E-state index in [2.05, 4.69) is 67.5 Å². The predicted molar refractivity (Wildman–Crippen MR) is 132 cm³/mol. The zero-order chi connectivity index (χ0) is 23.3. The average Bonchev–Trinajstić information content (AvgIpc) is 2.98. The van der Waals surface area contributed by atoms with Gasteiger partial charge < -0.3 is 9.84 Å². The Labute approximate surface area is 196 Å². The molecule has 0 saturated heterocycles. The highest BCUT2D eigenvalue weighted by molar-refractivity contribution is 5.49. The average molecular weight is 439 g/mol. The molecule has 2 nitrogen and oxygen atoms in total. The third-order valence-corrected chi connectivity index (χ3v) is 11.5. The maximum Gasteiger partial charge on any atom is 0.123 e. The predicted octanol–water partition coefficient (Wildman–Crippen LogP) is 7.40. The molecule has 1 N–H and O–H groups in total. The summed E-state index contributed by atoms with van der Waals surface area (Å²) in [6, 6.07) is 4.96. The first-order valence-electron chi connectivity index (χ1n) is 13.3. The topological polar surface area (TPSA) is 29.5 Å². The summed E-state index contributed by atoms with van der Waals surface area (Å²) < 4.78 is 6.99. The van der Waals surface area contributed by atoms with Gasteiger partial charge in [0.05, 0.1) is 6.10 Å².